The molecule has 4 rings (SSSR count). The highest BCUT2D eigenvalue weighted by atomic mass is 35.5. The predicted molar refractivity (Wildman–Crippen MR) is 122 cm³/mol. The summed E-state index contributed by atoms with van der Waals surface area (Å²) in [7, 11) is -3.72. The minimum atomic E-state index is -3.72. The van der Waals surface area contributed by atoms with Crippen molar-refractivity contribution in [3.8, 4) is 0 Å². The van der Waals surface area contributed by atoms with Crippen molar-refractivity contribution in [2.75, 3.05) is 6.26 Å². The standard InChI is InChI=1S/C24H22ClNO6S/c1-33(30,31)20-11-10-16(24(29)22-18(27)8-5-9-19(22)28)23(25)21(20)17-13-15(32-26-17)12-14-6-3-2-4-7-14/h2-4,6-7,10-11,15,22H,5,8-9,12-13H2,1H3. The van der Waals surface area contributed by atoms with Crippen molar-refractivity contribution in [1.29, 1.82) is 0 Å². The van der Waals surface area contributed by atoms with Crippen LogP contribution in [0.2, 0.25) is 5.02 Å². The molecule has 1 heterocycles. The molecule has 172 valence electrons. The summed E-state index contributed by atoms with van der Waals surface area (Å²) >= 11 is 6.57. The molecule has 0 bridgehead atoms. The van der Waals surface area contributed by atoms with Crippen LogP contribution in [0.25, 0.3) is 0 Å². The Bertz CT molecular complexity index is 1250. The maximum absolute atomic E-state index is 13.1. The van der Waals surface area contributed by atoms with Crippen LogP contribution in [0.1, 0.15) is 47.2 Å². The Morgan fingerprint density at radius 2 is 1.76 bits per heavy atom. The molecule has 1 fully saturated rings. The van der Waals surface area contributed by atoms with Crippen LogP contribution in [-0.4, -0.2) is 43.8 Å². The fraction of sp³-hybridized carbons (Fsp3) is 0.333. The number of Topliss-reactive ketones (excluding diaryl/α,β-unsaturated/α-hetero) is 3. The molecule has 1 aliphatic heterocycles. The van der Waals surface area contributed by atoms with Crippen LogP contribution in [0, 0.1) is 5.92 Å². The van der Waals surface area contributed by atoms with Gasteiger partial charge in [-0.3, -0.25) is 14.4 Å². The van der Waals surface area contributed by atoms with Crippen molar-refractivity contribution in [2.24, 2.45) is 11.1 Å². The molecule has 0 amide bonds. The summed E-state index contributed by atoms with van der Waals surface area (Å²) in [5.74, 6) is -2.99. The Kier molecular flexibility index (Phi) is 6.50. The van der Waals surface area contributed by atoms with Gasteiger partial charge in [0.15, 0.2) is 27.2 Å². The zero-order valence-electron chi connectivity index (χ0n) is 17.9. The first-order chi connectivity index (χ1) is 15.7. The van der Waals surface area contributed by atoms with Gasteiger partial charge >= 0.3 is 0 Å². The number of hydrogen-bond donors (Lipinski definition) is 0. The summed E-state index contributed by atoms with van der Waals surface area (Å²) in [6.45, 7) is 0. The van der Waals surface area contributed by atoms with Crippen LogP contribution in [-0.2, 0) is 30.7 Å². The second-order valence-electron chi connectivity index (χ2n) is 8.32. The van der Waals surface area contributed by atoms with E-state index in [-0.39, 0.29) is 46.4 Å². The van der Waals surface area contributed by atoms with Crippen molar-refractivity contribution in [3.05, 3.63) is 64.2 Å². The molecule has 1 unspecified atom stereocenters. The zero-order valence-corrected chi connectivity index (χ0v) is 19.5. The van der Waals surface area contributed by atoms with Gasteiger partial charge in [-0.15, -0.1) is 0 Å². The molecule has 1 atom stereocenters. The molecule has 2 aromatic carbocycles. The van der Waals surface area contributed by atoms with Gasteiger partial charge in [0.2, 0.25) is 0 Å². The number of carbonyl (C=O) groups excluding carboxylic acids is 3. The van der Waals surface area contributed by atoms with E-state index in [1.807, 2.05) is 30.3 Å². The lowest BCUT2D eigenvalue weighted by Gasteiger charge is -2.20. The SMILES string of the molecule is CS(=O)(=O)c1ccc(C(=O)C2C(=O)CCCC2=O)c(Cl)c1C1=NOC(Cc2ccccc2)C1. The summed E-state index contributed by atoms with van der Waals surface area (Å²) in [4.78, 5) is 43.2. The van der Waals surface area contributed by atoms with Crippen molar-refractivity contribution >= 4 is 44.5 Å². The fourth-order valence-electron chi connectivity index (χ4n) is 4.24. The molecule has 2 aromatic rings. The monoisotopic (exact) mass is 487 g/mol. The molecule has 0 N–H and O–H groups in total. The summed E-state index contributed by atoms with van der Waals surface area (Å²) in [6.07, 6.45) is 2.28. The van der Waals surface area contributed by atoms with E-state index in [0.29, 0.717) is 18.6 Å². The molecule has 0 aromatic heterocycles. The fourth-order valence-corrected chi connectivity index (χ4v) is 5.57. The number of benzene rings is 2. The van der Waals surface area contributed by atoms with Crippen LogP contribution in [0.3, 0.4) is 0 Å². The van der Waals surface area contributed by atoms with Crippen molar-refractivity contribution < 1.29 is 27.6 Å². The average Bonchev–Trinajstić information content (AvgIpc) is 3.21. The number of hydrogen-bond acceptors (Lipinski definition) is 7. The molecule has 0 spiro atoms. The topological polar surface area (TPSA) is 107 Å². The maximum atomic E-state index is 13.1. The lowest BCUT2D eigenvalue weighted by molar-refractivity contribution is -0.133. The molecule has 1 aliphatic carbocycles. The molecule has 0 saturated heterocycles. The molecule has 9 heteroatoms. The van der Waals surface area contributed by atoms with Gasteiger partial charge in [-0.05, 0) is 24.1 Å². The third kappa shape index (κ3) is 4.77. The highest BCUT2D eigenvalue weighted by molar-refractivity contribution is 7.90. The summed E-state index contributed by atoms with van der Waals surface area (Å²) in [5.41, 5.74) is 1.35. The molecule has 0 radical (unpaired) electrons. The first-order valence-electron chi connectivity index (χ1n) is 10.6. The Labute approximate surface area is 196 Å². The first kappa shape index (κ1) is 23.3. The van der Waals surface area contributed by atoms with Gasteiger partial charge in [-0.2, -0.15) is 0 Å². The lowest BCUT2D eigenvalue weighted by atomic mass is 9.81. The Morgan fingerprint density at radius 3 is 2.39 bits per heavy atom. The van der Waals surface area contributed by atoms with Crippen molar-refractivity contribution in [1.82, 2.24) is 0 Å². The van der Waals surface area contributed by atoms with E-state index in [2.05, 4.69) is 5.16 Å². The third-order valence-electron chi connectivity index (χ3n) is 5.85. The molecule has 7 nitrogen and oxygen atoms in total. The predicted octanol–water partition coefficient (Wildman–Crippen LogP) is 3.60. The summed E-state index contributed by atoms with van der Waals surface area (Å²) < 4.78 is 24.9. The Hall–Kier alpha value is -2.84. The molecular weight excluding hydrogens is 466 g/mol. The van der Waals surface area contributed by atoms with Crippen LogP contribution >= 0.6 is 11.6 Å². The van der Waals surface area contributed by atoms with E-state index in [4.69, 9.17) is 16.4 Å². The molecule has 33 heavy (non-hydrogen) atoms. The quantitative estimate of drug-likeness (QED) is 0.455. The number of oxime groups is 1. The Balaban J connectivity index is 1.70. The highest BCUT2D eigenvalue weighted by Crippen LogP contribution is 2.34. The smallest absolute Gasteiger partial charge is 0.182 e. The van der Waals surface area contributed by atoms with Gasteiger partial charge in [-0.25, -0.2) is 8.42 Å². The van der Waals surface area contributed by atoms with Crippen LogP contribution < -0.4 is 0 Å². The van der Waals surface area contributed by atoms with Gasteiger partial charge in [0.05, 0.1) is 15.6 Å². The van der Waals surface area contributed by atoms with Gasteiger partial charge in [0, 0.05) is 43.1 Å². The van der Waals surface area contributed by atoms with E-state index in [1.54, 1.807) is 0 Å². The van der Waals surface area contributed by atoms with Crippen LogP contribution in [0.15, 0.2) is 52.5 Å². The largest absolute Gasteiger partial charge is 0.391 e. The lowest BCUT2D eigenvalue weighted by Crippen LogP contribution is -2.35. The summed E-state index contributed by atoms with van der Waals surface area (Å²) in [6, 6.07) is 12.2. The number of halogens is 1. The Morgan fingerprint density at radius 1 is 1.09 bits per heavy atom. The second kappa shape index (κ2) is 9.19. The van der Waals surface area contributed by atoms with Gasteiger partial charge in [-0.1, -0.05) is 47.1 Å². The minimum Gasteiger partial charge on any atom is -0.391 e. The molecular formula is C24H22ClNO6S. The van der Waals surface area contributed by atoms with Gasteiger partial charge in [0.25, 0.3) is 0 Å². The number of nitrogens with zero attached hydrogens (tertiary/aromatic N) is 1. The van der Waals surface area contributed by atoms with Gasteiger partial charge in [0.1, 0.15) is 12.0 Å². The van der Waals surface area contributed by atoms with E-state index < -0.39 is 33.1 Å². The number of rotatable bonds is 6. The van der Waals surface area contributed by atoms with E-state index in [1.165, 1.54) is 12.1 Å². The summed E-state index contributed by atoms with van der Waals surface area (Å²) in [5, 5.41) is 3.94. The average molecular weight is 488 g/mol. The van der Waals surface area contributed by atoms with Gasteiger partial charge < -0.3 is 4.84 Å². The minimum absolute atomic E-state index is 0.0677. The maximum Gasteiger partial charge on any atom is 0.182 e. The second-order valence-corrected chi connectivity index (χ2v) is 10.7. The third-order valence-corrected chi connectivity index (χ3v) is 7.38. The van der Waals surface area contributed by atoms with Crippen LogP contribution in [0.4, 0.5) is 0 Å². The number of sulfone groups is 1. The van der Waals surface area contributed by atoms with Crippen molar-refractivity contribution in [3.63, 3.8) is 0 Å². The first-order valence-corrected chi connectivity index (χ1v) is 12.8. The molecule has 2 aliphatic rings. The highest BCUT2D eigenvalue weighted by Gasteiger charge is 2.39. The van der Waals surface area contributed by atoms with E-state index >= 15 is 0 Å². The van der Waals surface area contributed by atoms with E-state index in [0.717, 1.165) is 11.8 Å². The van der Waals surface area contributed by atoms with E-state index in [9.17, 15) is 22.8 Å². The number of carbonyl (C=O) groups is 3. The molecule has 1 saturated carbocycles. The normalized spacial score (nSPS) is 19.3. The zero-order chi connectivity index (χ0) is 23.8. The van der Waals surface area contributed by atoms with Crippen molar-refractivity contribution in [2.45, 2.75) is 43.1 Å². The van der Waals surface area contributed by atoms with Crippen LogP contribution in [0.5, 0.6) is 0 Å². The number of ketones is 3.